The summed E-state index contributed by atoms with van der Waals surface area (Å²) in [5, 5.41) is 5.94. The highest BCUT2D eigenvalue weighted by Crippen LogP contribution is 2.29. The Balaban J connectivity index is 1.36. The second-order valence-corrected chi connectivity index (χ2v) is 8.44. The number of hydrogen-bond donors (Lipinski definition) is 1. The van der Waals surface area contributed by atoms with Crippen LogP contribution in [0.3, 0.4) is 0 Å². The van der Waals surface area contributed by atoms with Gasteiger partial charge in [-0.25, -0.2) is 9.78 Å². The Hall–Kier alpha value is -2.86. The van der Waals surface area contributed by atoms with E-state index in [0.29, 0.717) is 19.2 Å². The molecule has 3 aromatic rings. The van der Waals surface area contributed by atoms with Gasteiger partial charge in [0.05, 0.1) is 12.2 Å². The first-order chi connectivity index (χ1) is 14.1. The normalized spacial score (nSPS) is 13.2. The molecule has 0 aliphatic heterocycles. The zero-order valence-corrected chi connectivity index (χ0v) is 17.5. The third kappa shape index (κ3) is 5.35. The standard InChI is InChI=1S/C23H25N3O2S/c1-16-6-8-18(9-7-16)25-23(27)26(20-10-11-20)13-19-15-29-22(24-19)14-28-21-5-3-4-17(2)12-21/h3-9,12,15,20H,10-11,13-14H2,1-2H3,(H,25,27). The second kappa shape index (κ2) is 8.66. The van der Waals surface area contributed by atoms with E-state index in [9.17, 15) is 4.79 Å². The lowest BCUT2D eigenvalue weighted by Gasteiger charge is -2.22. The molecule has 1 aliphatic carbocycles. The van der Waals surface area contributed by atoms with Gasteiger partial charge in [0.25, 0.3) is 0 Å². The smallest absolute Gasteiger partial charge is 0.322 e. The SMILES string of the molecule is Cc1ccc(NC(=O)N(Cc2csc(COc3cccc(C)c3)n2)C2CC2)cc1. The van der Waals surface area contributed by atoms with Crippen LogP contribution in [0.2, 0.25) is 0 Å². The molecular weight excluding hydrogens is 382 g/mol. The Morgan fingerprint density at radius 3 is 2.69 bits per heavy atom. The van der Waals surface area contributed by atoms with Crippen molar-refractivity contribution < 1.29 is 9.53 Å². The Morgan fingerprint density at radius 1 is 1.17 bits per heavy atom. The van der Waals surface area contributed by atoms with E-state index in [4.69, 9.17) is 4.74 Å². The highest BCUT2D eigenvalue weighted by molar-refractivity contribution is 7.09. The van der Waals surface area contributed by atoms with Gasteiger partial charge in [0, 0.05) is 17.1 Å². The van der Waals surface area contributed by atoms with E-state index in [-0.39, 0.29) is 6.03 Å². The minimum Gasteiger partial charge on any atom is -0.486 e. The molecule has 1 fully saturated rings. The molecule has 1 saturated carbocycles. The topological polar surface area (TPSA) is 54.5 Å². The molecule has 0 spiro atoms. The lowest BCUT2D eigenvalue weighted by atomic mass is 10.2. The van der Waals surface area contributed by atoms with Gasteiger partial charge in [-0.05, 0) is 56.5 Å². The first-order valence-electron chi connectivity index (χ1n) is 9.84. The molecule has 0 radical (unpaired) electrons. The molecule has 2 aromatic carbocycles. The maximum Gasteiger partial charge on any atom is 0.322 e. The molecule has 0 unspecified atom stereocenters. The Labute approximate surface area is 175 Å². The van der Waals surface area contributed by atoms with Crippen molar-refractivity contribution in [2.75, 3.05) is 5.32 Å². The van der Waals surface area contributed by atoms with Gasteiger partial charge in [0.15, 0.2) is 0 Å². The fourth-order valence-electron chi connectivity index (χ4n) is 3.10. The van der Waals surface area contributed by atoms with Crippen LogP contribution >= 0.6 is 11.3 Å². The van der Waals surface area contributed by atoms with Crippen molar-refractivity contribution in [3.05, 3.63) is 75.7 Å². The largest absolute Gasteiger partial charge is 0.486 e. The van der Waals surface area contributed by atoms with E-state index in [1.165, 1.54) is 11.1 Å². The van der Waals surface area contributed by atoms with Crippen LogP contribution < -0.4 is 10.1 Å². The maximum absolute atomic E-state index is 12.8. The van der Waals surface area contributed by atoms with E-state index in [1.54, 1.807) is 11.3 Å². The summed E-state index contributed by atoms with van der Waals surface area (Å²) in [5.41, 5.74) is 4.06. The fourth-order valence-corrected chi connectivity index (χ4v) is 3.79. The number of anilines is 1. The van der Waals surface area contributed by atoms with Crippen molar-refractivity contribution in [2.45, 2.75) is 45.9 Å². The zero-order chi connectivity index (χ0) is 20.2. The molecule has 29 heavy (non-hydrogen) atoms. The highest BCUT2D eigenvalue weighted by Gasteiger charge is 2.33. The number of rotatable bonds is 7. The van der Waals surface area contributed by atoms with Crippen LogP contribution in [0.1, 0.15) is 34.7 Å². The predicted molar refractivity (Wildman–Crippen MR) is 116 cm³/mol. The first-order valence-corrected chi connectivity index (χ1v) is 10.7. The molecule has 2 amide bonds. The Kier molecular flexibility index (Phi) is 5.81. The average Bonchev–Trinajstić information content (AvgIpc) is 3.45. The molecule has 1 aromatic heterocycles. The summed E-state index contributed by atoms with van der Waals surface area (Å²) in [6.07, 6.45) is 2.10. The summed E-state index contributed by atoms with van der Waals surface area (Å²) in [7, 11) is 0. The van der Waals surface area contributed by atoms with Crippen LogP contribution in [0, 0.1) is 13.8 Å². The quantitative estimate of drug-likeness (QED) is 0.560. The molecule has 1 heterocycles. The summed E-state index contributed by atoms with van der Waals surface area (Å²) in [6.45, 7) is 5.03. The van der Waals surface area contributed by atoms with E-state index >= 15 is 0 Å². The van der Waals surface area contributed by atoms with Gasteiger partial charge in [-0.1, -0.05) is 29.8 Å². The minimum atomic E-state index is -0.0677. The third-order valence-electron chi connectivity index (χ3n) is 4.83. The summed E-state index contributed by atoms with van der Waals surface area (Å²) in [5.74, 6) is 0.846. The second-order valence-electron chi connectivity index (χ2n) is 7.49. The summed E-state index contributed by atoms with van der Waals surface area (Å²) in [6, 6.07) is 16.1. The molecule has 5 nitrogen and oxygen atoms in total. The van der Waals surface area contributed by atoms with Gasteiger partial charge in [-0.15, -0.1) is 11.3 Å². The molecule has 0 bridgehead atoms. The highest BCUT2D eigenvalue weighted by atomic mass is 32.1. The number of thiazole rings is 1. The molecule has 0 atom stereocenters. The van der Waals surface area contributed by atoms with Crippen molar-refractivity contribution in [1.29, 1.82) is 0 Å². The number of benzene rings is 2. The van der Waals surface area contributed by atoms with Crippen LogP contribution in [-0.4, -0.2) is 22.0 Å². The van der Waals surface area contributed by atoms with Crippen LogP contribution in [-0.2, 0) is 13.2 Å². The molecule has 4 rings (SSSR count). The number of hydrogen-bond acceptors (Lipinski definition) is 4. The fraction of sp³-hybridized carbons (Fsp3) is 0.304. The molecule has 1 aliphatic rings. The predicted octanol–water partition coefficient (Wildman–Crippen LogP) is 5.54. The van der Waals surface area contributed by atoms with Crippen LogP contribution in [0.25, 0.3) is 0 Å². The number of amides is 2. The summed E-state index contributed by atoms with van der Waals surface area (Å²) in [4.78, 5) is 19.4. The van der Waals surface area contributed by atoms with Crippen molar-refractivity contribution in [2.24, 2.45) is 0 Å². The number of nitrogens with one attached hydrogen (secondary N) is 1. The summed E-state index contributed by atoms with van der Waals surface area (Å²) >= 11 is 1.57. The number of ether oxygens (including phenoxy) is 1. The van der Waals surface area contributed by atoms with E-state index < -0.39 is 0 Å². The van der Waals surface area contributed by atoms with E-state index in [0.717, 1.165) is 35.0 Å². The first kappa shape index (κ1) is 19.5. The van der Waals surface area contributed by atoms with E-state index in [1.807, 2.05) is 72.7 Å². The van der Waals surface area contributed by atoms with Crippen molar-refractivity contribution in [3.63, 3.8) is 0 Å². The summed E-state index contributed by atoms with van der Waals surface area (Å²) < 4.78 is 5.84. The number of aryl methyl sites for hydroxylation is 2. The molecule has 0 saturated heterocycles. The molecular formula is C23H25N3O2S. The van der Waals surface area contributed by atoms with Gasteiger partial charge < -0.3 is 15.0 Å². The maximum atomic E-state index is 12.8. The number of urea groups is 1. The van der Waals surface area contributed by atoms with Gasteiger partial charge in [0.1, 0.15) is 17.4 Å². The zero-order valence-electron chi connectivity index (χ0n) is 16.7. The monoisotopic (exact) mass is 407 g/mol. The van der Waals surface area contributed by atoms with Gasteiger partial charge >= 0.3 is 6.03 Å². The van der Waals surface area contributed by atoms with Crippen molar-refractivity contribution in [3.8, 4) is 5.75 Å². The van der Waals surface area contributed by atoms with Gasteiger partial charge in [0.2, 0.25) is 0 Å². The van der Waals surface area contributed by atoms with E-state index in [2.05, 4.69) is 10.3 Å². The van der Waals surface area contributed by atoms with Crippen LogP contribution in [0.4, 0.5) is 10.5 Å². The molecule has 1 N–H and O–H groups in total. The number of nitrogens with zero attached hydrogens (tertiary/aromatic N) is 2. The minimum absolute atomic E-state index is 0.0677. The lowest BCUT2D eigenvalue weighted by Crippen LogP contribution is -2.36. The van der Waals surface area contributed by atoms with Gasteiger partial charge in [-0.3, -0.25) is 0 Å². The number of carbonyl (C=O) groups excluding carboxylic acids is 1. The lowest BCUT2D eigenvalue weighted by molar-refractivity contribution is 0.205. The van der Waals surface area contributed by atoms with Crippen molar-refractivity contribution in [1.82, 2.24) is 9.88 Å². The number of carbonyl (C=O) groups is 1. The molecule has 6 heteroatoms. The number of aromatic nitrogens is 1. The average molecular weight is 408 g/mol. The van der Waals surface area contributed by atoms with Crippen molar-refractivity contribution >= 4 is 23.1 Å². The third-order valence-corrected chi connectivity index (χ3v) is 5.71. The Bertz CT molecular complexity index is 980. The van der Waals surface area contributed by atoms with Crippen LogP contribution in [0.5, 0.6) is 5.75 Å². The molecule has 150 valence electrons. The van der Waals surface area contributed by atoms with Gasteiger partial charge in [-0.2, -0.15) is 0 Å². The Morgan fingerprint density at radius 2 is 1.97 bits per heavy atom. The van der Waals surface area contributed by atoms with Crippen LogP contribution in [0.15, 0.2) is 53.9 Å².